The molecule has 114 valence electrons. The summed E-state index contributed by atoms with van der Waals surface area (Å²) in [4.78, 5) is 4.84. The van der Waals surface area contributed by atoms with Gasteiger partial charge in [-0.05, 0) is 25.5 Å². The number of nitrogens with zero attached hydrogens (tertiary/aromatic N) is 1. The zero-order valence-electron chi connectivity index (χ0n) is 12.1. The largest absolute Gasteiger partial charge is 0.356 e. The van der Waals surface area contributed by atoms with E-state index < -0.39 is 0 Å². The van der Waals surface area contributed by atoms with Crippen LogP contribution in [0.25, 0.3) is 0 Å². The second-order valence-corrected chi connectivity index (χ2v) is 5.37. The van der Waals surface area contributed by atoms with E-state index in [1.54, 1.807) is 19.2 Å². The van der Waals surface area contributed by atoms with Crippen LogP contribution in [0, 0.1) is 5.82 Å². The van der Waals surface area contributed by atoms with Crippen molar-refractivity contribution in [3.63, 3.8) is 0 Å². The molecule has 1 atom stereocenters. The molecule has 0 aliphatic rings. The van der Waals surface area contributed by atoms with Crippen molar-refractivity contribution in [2.45, 2.75) is 31.2 Å². The molecule has 0 aromatic heterocycles. The number of benzene rings is 1. The molecule has 0 heterocycles. The van der Waals surface area contributed by atoms with Crippen molar-refractivity contribution >= 4 is 41.7 Å². The maximum absolute atomic E-state index is 13.4. The van der Waals surface area contributed by atoms with Gasteiger partial charge in [0.2, 0.25) is 0 Å². The summed E-state index contributed by atoms with van der Waals surface area (Å²) < 4.78 is 13.4. The fourth-order valence-corrected chi connectivity index (χ4v) is 2.23. The SMILES string of the molecule is CCC(C)NC(=NC)NCCSc1ccccc1F.I. The highest BCUT2D eigenvalue weighted by Crippen LogP contribution is 2.20. The molecule has 1 rings (SSSR count). The van der Waals surface area contributed by atoms with Crippen molar-refractivity contribution in [3.05, 3.63) is 30.1 Å². The van der Waals surface area contributed by atoms with Crippen LogP contribution >= 0.6 is 35.7 Å². The van der Waals surface area contributed by atoms with Gasteiger partial charge in [0.05, 0.1) is 0 Å². The van der Waals surface area contributed by atoms with Crippen LogP contribution in [0.1, 0.15) is 20.3 Å². The lowest BCUT2D eigenvalue weighted by atomic mass is 10.3. The Labute approximate surface area is 142 Å². The molecule has 1 aromatic rings. The van der Waals surface area contributed by atoms with E-state index in [-0.39, 0.29) is 29.8 Å². The van der Waals surface area contributed by atoms with Crippen molar-refractivity contribution in [3.8, 4) is 0 Å². The number of thioether (sulfide) groups is 1. The summed E-state index contributed by atoms with van der Waals surface area (Å²) in [7, 11) is 1.75. The molecule has 0 radical (unpaired) electrons. The maximum Gasteiger partial charge on any atom is 0.191 e. The average Bonchev–Trinajstić information content (AvgIpc) is 2.43. The van der Waals surface area contributed by atoms with Crippen molar-refractivity contribution in [1.82, 2.24) is 10.6 Å². The first-order chi connectivity index (χ1) is 9.17. The quantitative estimate of drug-likeness (QED) is 0.247. The van der Waals surface area contributed by atoms with E-state index in [2.05, 4.69) is 29.5 Å². The zero-order valence-corrected chi connectivity index (χ0v) is 15.3. The lowest BCUT2D eigenvalue weighted by molar-refractivity contribution is 0.602. The van der Waals surface area contributed by atoms with Gasteiger partial charge >= 0.3 is 0 Å². The molecule has 0 fully saturated rings. The highest BCUT2D eigenvalue weighted by molar-refractivity contribution is 14.0. The van der Waals surface area contributed by atoms with Crippen LogP contribution in [-0.4, -0.2) is 31.3 Å². The molecule has 0 saturated heterocycles. The molecule has 0 saturated carbocycles. The Bertz CT molecular complexity index is 415. The minimum atomic E-state index is -0.158. The van der Waals surface area contributed by atoms with E-state index in [9.17, 15) is 4.39 Å². The van der Waals surface area contributed by atoms with E-state index in [4.69, 9.17) is 0 Å². The third-order valence-electron chi connectivity index (χ3n) is 2.71. The first-order valence-electron chi connectivity index (χ1n) is 6.51. The second-order valence-electron chi connectivity index (χ2n) is 4.23. The number of rotatable bonds is 6. The number of nitrogens with one attached hydrogen (secondary N) is 2. The van der Waals surface area contributed by atoms with Gasteiger partial charge in [-0.15, -0.1) is 35.7 Å². The fraction of sp³-hybridized carbons (Fsp3) is 0.500. The first kappa shape index (κ1) is 19.5. The van der Waals surface area contributed by atoms with Crippen LogP contribution < -0.4 is 10.6 Å². The van der Waals surface area contributed by atoms with Crippen LogP contribution in [0.15, 0.2) is 34.2 Å². The van der Waals surface area contributed by atoms with Crippen molar-refractivity contribution in [1.29, 1.82) is 0 Å². The zero-order chi connectivity index (χ0) is 14.1. The number of halogens is 2. The lowest BCUT2D eigenvalue weighted by Crippen LogP contribution is -2.42. The minimum Gasteiger partial charge on any atom is -0.356 e. The Balaban J connectivity index is 0.00000361. The topological polar surface area (TPSA) is 36.4 Å². The van der Waals surface area contributed by atoms with Crippen LogP contribution in [0.5, 0.6) is 0 Å². The van der Waals surface area contributed by atoms with E-state index in [1.807, 2.05) is 6.07 Å². The van der Waals surface area contributed by atoms with E-state index in [1.165, 1.54) is 17.8 Å². The van der Waals surface area contributed by atoms with Crippen molar-refractivity contribution < 1.29 is 4.39 Å². The molecule has 0 aliphatic heterocycles. The number of guanidine groups is 1. The molecular formula is C14H23FIN3S. The Morgan fingerprint density at radius 2 is 2.10 bits per heavy atom. The maximum atomic E-state index is 13.4. The van der Waals surface area contributed by atoms with Gasteiger partial charge in [-0.3, -0.25) is 4.99 Å². The molecule has 0 aliphatic carbocycles. The Morgan fingerprint density at radius 3 is 2.70 bits per heavy atom. The normalized spacial score (nSPS) is 12.5. The van der Waals surface area contributed by atoms with E-state index in [0.29, 0.717) is 10.9 Å². The molecule has 1 aromatic carbocycles. The van der Waals surface area contributed by atoms with Crippen LogP contribution in [-0.2, 0) is 0 Å². The Hall–Kier alpha value is -0.500. The molecule has 0 bridgehead atoms. The van der Waals surface area contributed by atoms with Gasteiger partial charge in [-0.2, -0.15) is 0 Å². The van der Waals surface area contributed by atoms with Crippen molar-refractivity contribution in [2.75, 3.05) is 19.3 Å². The monoisotopic (exact) mass is 411 g/mol. The summed E-state index contributed by atoms with van der Waals surface area (Å²) in [6, 6.07) is 7.23. The molecule has 2 N–H and O–H groups in total. The second kappa shape index (κ2) is 11.2. The first-order valence-corrected chi connectivity index (χ1v) is 7.50. The molecule has 0 amide bonds. The van der Waals surface area contributed by atoms with Gasteiger partial charge < -0.3 is 10.6 Å². The average molecular weight is 411 g/mol. The van der Waals surface area contributed by atoms with Gasteiger partial charge in [-0.1, -0.05) is 19.1 Å². The molecule has 1 unspecified atom stereocenters. The summed E-state index contributed by atoms with van der Waals surface area (Å²) in [6.07, 6.45) is 1.05. The standard InChI is InChI=1S/C14H22FN3S.HI/c1-4-11(2)18-14(16-3)17-9-10-19-13-8-6-5-7-12(13)15;/h5-8,11H,4,9-10H2,1-3H3,(H2,16,17,18);1H. The smallest absolute Gasteiger partial charge is 0.191 e. The minimum absolute atomic E-state index is 0. The third kappa shape index (κ3) is 7.33. The van der Waals surface area contributed by atoms with E-state index >= 15 is 0 Å². The third-order valence-corrected chi connectivity index (χ3v) is 3.76. The van der Waals surface area contributed by atoms with Crippen LogP contribution in [0.2, 0.25) is 0 Å². The highest BCUT2D eigenvalue weighted by Gasteiger charge is 2.03. The fourth-order valence-electron chi connectivity index (χ4n) is 1.42. The molecule has 20 heavy (non-hydrogen) atoms. The van der Waals surface area contributed by atoms with Gasteiger partial charge in [-0.25, -0.2) is 4.39 Å². The highest BCUT2D eigenvalue weighted by atomic mass is 127. The Kier molecular flexibility index (Phi) is 10.9. The summed E-state index contributed by atoms with van der Waals surface area (Å²) >= 11 is 1.50. The summed E-state index contributed by atoms with van der Waals surface area (Å²) in [5.41, 5.74) is 0. The molecular weight excluding hydrogens is 388 g/mol. The number of hydrogen-bond acceptors (Lipinski definition) is 2. The molecule has 3 nitrogen and oxygen atoms in total. The summed E-state index contributed by atoms with van der Waals surface area (Å²) in [5, 5.41) is 6.50. The van der Waals surface area contributed by atoms with Gasteiger partial charge in [0.1, 0.15) is 5.82 Å². The summed E-state index contributed by atoms with van der Waals surface area (Å²) in [5.74, 6) is 1.43. The van der Waals surface area contributed by atoms with E-state index in [0.717, 1.165) is 24.7 Å². The molecule has 6 heteroatoms. The predicted molar refractivity (Wildman–Crippen MR) is 96.8 cm³/mol. The lowest BCUT2D eigenvalue weighted by Gasteiger charge is -2.16. The van der Waals surface area contributed by atoms with Gasteiger partial charge in [0.15, 0.2) is 5.96 Å². The van der Waals surface area contributed by atoms with Crippen LogP contribution in [0.3, 0.4) is 0 Å². The number of hydrogen-bond donors (Lipinski definition) is 2. The van der Waals surface area contributed by atoms with Crippen LogP contribution in [0.4, 0.5) is 4.39 Å². The molecule has 0 spiro atoms. The van der Waals surface area contributed by atoms with Crippen molar-refractivity contribution in [2.24, 2.45) is 4.99 Å². The van der Waals surface area contributed by atoms with Gasteiger partial charge in [0, 0.05) is 30.3 Å². The summed E-state index contributed by atoms with van der Waals surface area (Å²) in [6.45, 7) is 4.98. The number of aliphatic imine (C=N–C) groups is 1. The predicted octanol–water partition coefficient (Wildman–Crippen LogP) is 3.50. The Morgan fingerprint density at radius 1 is 1.40 bits per heavy atom. The van der Waals surface area contributed by atoms with Gasteiger partial charge in [0.25, 0.3) is 0 Å².